The molecule has 0 heterocycles. The zero-order valence-corrected chi connectivity index (χ0v) is 11.1. The van der Waals surface area contributed by atoms with Crippen molar-refractivity contribution >= 4 is 5.91 Å². The van der Waals surface area contributed by atoms with E-state index in [9.17, 15) is 4.79 Å². The van der Waals surface area contributed by atoms with Crippen molar-refractivity contribution in [3.05, 3.63) is 0 Å². The van der Waals surface area contributed by atoms with Gasteiger partial charge in [0, 0.05) is 13.0 Å². The van der Waals surface area contributed by atoms with Crippen LogP contribution < -0.4 is 5.32 Å². The fourth-order valence-corrected chi connectivity index (χ4v) is 1.15. The van der Waals surface area contributed by atoms with Crippen LogP contribution in [0.5, 0.6) is 0 Å². The SMILES string of the molecule is C#CCOCCOCCOCCNC(=O)CCC. The van der Waals surface area contributed by atoms with Gasteiger partial charge in [-0.2, -0.15) is 0 Å². The molecule has 0 radical (unpaired) electrons. The van der Waals surface area contributed by atoms with Crippen LogP contribution in [0.1, 0.15) is 19.8 Å². The van der Waals surface area contributed by atoms with Gasteiger partial charge in [-0.25, -0.2) is 0 Å². The van der Waals surface area contributed by atoms with Crippen LogP contribution in [0.4, 0.5) is 0 Å². The Morgan fingerprint density at radius 3 is 2.33 bits per heavy atom. The van der Waals surface area contributed by atoms with Crippen molar-refractivity contribution in [3.8, 4) is 12.3 Å². The third kappa shape index (κ3) is 13.0. The van der Waals surface area contributed by atoms with Gasteiger partial charge in [-0.05, 0) is 6.42 Å². The minimum absolute atomic E-state index is 0.0722. The Kier molecular flexibility index (Phi) is 13.1. The zero-order chi connectivity index (χ0) is 13.5. The van der Waals surface area contributed by atoms with Gasteiger partial charge >= 0.3 is 0 Å². The van der Waals surface area contributed by atoms with Gasteiger partial charge < -0.3 is 19.5 Å². The lowest BCUT2D eigenvalue weighted by Crippen LogP contribution is -2.27. The summed E-state index contributed by atoms with van der Waals surface area (Å²) in [6.07, 6.45) is 6.45. The van der Waals surface area contributed by atoms with Crippen LogP contribution in [0, 0.1) is 12.3 Å². The third-order valence-electron chi connectivity index (χ3n) is 1.98. The van der Waals surface area contributed by atoms with Gasteiger partial charge in [0.25, 0.3) is 0 Å². The molecule has 0 atom stereocenters. The first-order valence-corrected chi connectivity index (χ1v) is 6.24. The standard InChI is InChI=1S/C13H23NO4/c1-3-5-13(15)14-6-8-17-10-12-18-11-9-16-7-4-2/h2H,3,5-12H2,1H3,(H,14,15). The fourth-order valence-electron chi connectivity index (χ4n) is 1.15. The smallest absolute Gasteiger partial charge is 0.220 e. The van der Waals surface area contributed by atoms with Crippen molar-refractivity contribution in [1.82, 2.24) is 5.32 Å². The average molecular weight is 257 g/mol. The number of hydrogen-bond acceptors (Lipinski definition) is 4. The minimum Gasteiger partial charge on any atom is -0.377 e. The number of hydrogen-bond donors (Lipinski definition) is 1. The molecule has 0 unspecified atom stereocenters. The van der Waals surface area contributed by atoms with Crippen molar-refractivity contribution in [2.24, 2.45) is 0 Å². The first-order valence-electron chi connectivity index (χ1n) is 6.24. The Balaban J connectivity index is 3.03. The van der Waals surface area contributed by atoms with Crippen LogP contribution in [0.25, 0.3) is 0 Å². The van der Waals surface area contributed by atoms with E-state index in [-0.39, 0.29) is 5.91 Å². The van der Waals surface area contributed by atoms with E-state index in [1.807, 2.05) is 6.92 Å². The second-order valence-electron chi connectivity index (χ2n) is 3.58. The fraction of sp³-hybridized carbons (Fsp3) is 0.769. The normalized spacial score (nSPS) is 10.0. The number of carbonyl (C=O) groups excluding carboxylic acids is 1. The molecule has 0 fully saturated rings. The zero-order valence-electron chi connectivity index (χ0n) is 11.1. The number of rotatable bonds is 12. The summed E-state index contributed by atoms with van der Waals surface area (Å²) in [7, 11) is 0. The highest BCUT2D eigenvalue weighted by atomic mass is 16.5. The molecule has 5 nitrogen and oxygen atoms in total. The van der Waals surface area contributed by atoms with Crippen molar-refractivity contribution in [2.75, 3.05) is 46.2 Å². The Morgan fingerprint density at radius 1 is 1.11 bits per heavy atom. The predicted molar refractivity (Wildman–Crippen MR) is 69.2 cm³/mol. The number of amides is 1. The number of carbonyl (C=O) groups is 1. The van der Waals surface area contributed by atoms with E-state index in [1.54, 1.807) is 0 Å². The van der Waals surface area contributed by atoms with E-state index < -0.39 is 0 Å². The van der Waals surface area contributed by atoms with Crippen molar-refractivity contribution in [3.63, 3.8) is 0 Å². The Hall–Kier alpha value is -1.09. The van der Waals surface area contributed by atoms with E-state index >= 15 is 0 Å². The summed E-state index contributed by atoms with van der Waals surface area (Å²) >= 11 is 0. The molecule has 0 spiro atoms. The van der Waals surface area contributed by atoms with Gasteiger partial charge in [-0.1, -0.05) is 12.8 Å². The molecule has 0 aromatic carbocycles. The molecule has 0 aromatic heterocycles. The van der Waals surface area contributed by atoms with Crippen molar-refractivity contribution in [1.29, 1.82) is 0 Å². The van der Waals surface area contributed by atoms with Crippen LogP contribution in [0.15, 0.2) is 0 Å². The molecule has 1 N–H and O–H groups in total. The second kappa shape index (κ2) is 14.0. The summed E-state index contributed by atoms with van der Waals surface area (Å²) in [5, 5.41) is 2.77. The summed E-state index contributed by atoms with van der Waals surface area (Å²) in [5.74, 6) is 2.45. The maximum absolute atomic E-state index is 11.1. The first kappa shape index (κ1) is 16.9. The average Bonchev–Trinajstić information content (AvgIpc) is 2.36. The molecule has 0 aromatic rings. The lowest BCUT2D eigenvalue weighted by atomic mass is 10.3. The largest absolute Gasteiger partial charge is 0.377 e. The maximum Gasteiger partial charge on any atom is 0.220 e. The molecule has 0 saturated carbocycles. The van der Waals surface area contributed by atoms with E-state index in [0.717, 1.165) is 6.42 Å². The molecule has 0 rings (SSSR count). The number of nitrogens with one attached hydrogen (secondary N) is 1. The van der Waals surface area contributed by atoms with Gasteiger partial charge in [0.05, 0.1) is 33.0 Å². The van der Waals surface area contributed by atoms with Crippen LogP contribution in [0.2, 0.25) is 0 Å². The maximum atomic E-state index is 11.1. The molecule has 104 valence electrons. The molecule has 1 amide bonds. The Bertz CT molecular complexity index is 238. The molecule has 0 aliphatic heterocycles. The van der Waals surface area contributed by atoms with E-state index in [2.05, 4.69) is 11.2 Å². The summed E-state index contributed by atoms with van der Waals surface area (Å²) in [6, 6.07) is 0. The Morgan fingerprint density at radius 2 is 1.72 bits per heavy atom. The minimum atomic E-state index is 0.0722. The number of terminal acetylenes is 1. The van der Waals surface area contributed by atoms with Gasteiger partial charge in [-0.3, -0.25) is 4.79 Å². The monoisotopic (exact) mass is 257 g/mol. The quantitative estimate of drug-likeness (QED) is 0.410. The highest BCUT2D eigenvalue weighted by Crippen LogP contribution is 1.85. The van der Waals surface area contributed by atoms with Gasteiger partial charge in [0.2, 0.25) is 5.91 Å². The van der Waals surface area contributed by atoms with Crippen molar-refractivity contribution < 1.29 is 19.0 Å². The highest BCUT2D eigenvalue weighted by molar-refractivity contribution is 5.75. The van der Waals surface area contributed by atoms with Crippen LogP contribution >= 0.6 is 0 Å². The van der Waals surface area contributed by atoms with Crippen LogP contribution in [-0.4, -0.2) is 52.1 Å². The predicted octanol–water partition coefficient (Wildman–Crippen LogP) is 0.586. The third-order valence-corrected chi connectivity index (χ3v) is 1.98. The summed E-state index contributed by atoms with van der Waals surface area (Å²) in [4.78, 5) is 11.1. The van der Waals surface area contributed by atoms with E-state index in [1.165, 1.54) is 0 Å². The molecular weight excluding hydrogens is 234 g/mol. The lowest BCUT2D eigenvalue weighted by Gasteiger charge is -2.06. The molecule has 0 saturated heterocycles. The van der Waals surface area contributed by atoms with Gasteiger partial charge in [0.1, 0.15) is 6.61 Å². The molecule has 0 aliphatic carbocycles. The van der Waals surface area contributed by atoms with E-state index in [4.69, 9.17) is 20.6 Å². The van der Waals surface area contributed by atoms with Crippen molar-refractivity contribution in [2.45, 2.75) is 19.8 Å². The second-order valence-corrected chi connectivity index (χ2v) is 3.58. The summed E-state index contributed by atoms with van der Waals surface area (Å²) < 4.78 is 15.5. The topological polar surface area (TPSA) is 56.8 Å². The molecule has 0 aliphatic rings. The molecule has 18 heavy (non-hydrogen) atoms. The van der Waals surface area contributed by atoms with Crippen LogP contribution in [-0.2, 0) is 19.0 Å². The highest BCUT2D eigenvalue weighted by Gasteiger charge is 1.97. The first-order chi connectivity index (χ1) is 8.81. The van der Waals surface area contributed by atoms with E-state index in [0.29, 0.717) is 52.6 Å². The summed E-state index contributed by atoms with van der Waals surface area (Å²) in [6.45, 7) is 5.38. The molecule has 5 heteroatoms. The molecular formula is C13H23NO4. The molecule has 0 bridgehead atoms. The Labute approximate surface area is 109 Å². The summed E-state index contributed by atoms with van der Waals surface area (Å²) in [5.41, 5.74) is 0. The van der Waals surface area contributed by atoms with Gasteiger partial charge in [-0.15, -0.1) is 6.42 Å². The van der Waals surface area contributed by atoms with Crippen LogP contribution in [0.3, 0.4) is 0 Å². The lowest BCUT2D eigenvalue weighted by molar-refractivity contribution is -0.121. The van der Waals surface area contributed by atoms with Gasteiger partial charge in [0.15, 0.2) is 0 Å². The number of ether oxygens (including phenoxy) is 3.